The van der Waals surface area contributed by atoms with Crippen LogP contribution in [0.3, 0.4) is 0 Å². The summed E-state index contributed by atoms with van der Waals surface area (Å²) in [4.78, 5) is 18.6. The summed E-state index contributed by atoms with van der Waals surface area (Å²) in [5.74, 6) is 0.322. The van der Waals surface area contributed by atoms with Crippen LogP contribution in [0.15, 0.2) is 24.4 Å². The zero-order chi connectivity index (χ0) is 17.9. The first-order valence-electron chi connectivity index (χ1n) is 9.10. The molecule has 2 aliphatic heterocycles. The first kappa shape index (κ1) is 18.3. The minimum atomic E-state index is -3.16. The van der Waals surface area contributed by atoms with E-state index in [9.17, 15) is 13.2 Å². The fraction of sp³-hybridized carbons (Fsp3) is 0.667. The Morgan fingerprint density at radius 3 is 2.80 bits per heavy atom. The van der Waals surface area contributed by atoms with Gasteiger partial charge < -0.3 is 4.90 Å². The zero-order valence-electron chi connectivity index (χ0n) is 14.9. The Bertz CT molecular complexity index is 708. The van der Waals surface area contributed by atoms with E-state index in [1.807, 2.05) is 23.1 Å². The highest BCUT2D eigenvalue weighted by atomic mass is 32.2. The van der Waals surface area contributed by atoms with Crippen LogP contribution in [0.1, 0.15) is 38.3 Å². The SMILES string of the molecule is CCS(=O)(=O)N1CCC[C@@]2(CCC(=O)N(CCc3ccccn3)C2)C1. The van der Waals surface area contributed by atoms with Gasteiger partial charge in [0.25, 0.3) is 0 Å². The summed E-state index contributed by atoms with van der Waals surface area (Å²) >= 11 is 0. The van der Waals surface area contributed by atoms with Crippen LogP contribution in [0, 0.1) is 5.41 Å². The van der Waals surface area contributed by atoms with Crippen molar-refractivity contribution in [2.75, 3.05) is 31.9 Å². The van der Waals surface area contributed by atoms with Gasteiger partial charge in [-0.3, -0.25) is 9.78 Å². The monoisotopic (exact) mass is 365 g/mol. The molecule has 0 radical (unpaired) electrons. The fourth-order valence-corrected chi connectivity index (χ4v) is 5.26. The molecule has 1 amide bonds. The zero-order valence-corrected chi connectivity index (χ0v) is 15.7. The number of pyridine rings is 1. The van der Waals surface area contributed by atoms with E-state index in [-0.39, 0.29) is 17.1 Å². The molecular weight excluding hydrogens is 338 g/mol. The number of amides is 1. The van der Waals surface area contributed by atoms with Gasteiger partial charge in [-0.05, 0) is 38.3 Å². The molecule has 1 spiro atoms. The fourth-order valence-electron chi connectivity index (χ4n) is 4.02. The minimum absolute atomic E-state index is 0.0848. The smallest absolute Gasteiger partial charge is 0.222 e. The van der Waals surface area contributed by atoms with E-state index >= 15 is 0 Å². The predicted molar refractivity (Wildman–Crippen MR) is 96.5 cm³/mol. The normalized spacial score (nSPS) is 25.5. The van der Waals surface area contributed by atoms with Crippen molar-refractivity contribution < 1.29 is 13.2 Å². The van der Waals surface area contributed by atoms with Crippen LogP contribution in [-0.2, 0) is 21.2 Å². The molecule has 2 fully saturated rings. The van der Waals surface area contributed by atoms with Crippen LogP contribution < -0.4 is 0 Å². The Morgan fingerprint density at radius 1 is 1.24 bits per heavy atom. The lowest BCUT2D eigenvalue weighted by molar-refractivity contribution is -0.138. The summed E-state index contributed by atoms with van der Waals surface area (Å²) in [5, 5.41) is 0. The van der Waals surface area contributed by atoms with Crippen LogP contribution in [0.4, 0.5) is 0 Å². The lowest BCUT2D eigenvalue weighted by atomic mass is 9.74. The lowest BCUT2D eigenvalue weighted by Crippen LogP contribution is -2.55. The summed E-state index contributed by atoms with van der Waals surface area (Å²) in [6.45, 7) is 4.17. The van der Waals surface area contributed by atoms with Gasteiger partial charge in [-0.25, -0.2) is 12.7 Å². The van der Waals surface area contributed by atoms with Gasteiger partial charge in [0.2, 0.25) is 15.9 Å². The van der Waals surface area contributed by atoms with Gasteiger partial charge in [-0.2, -0.15) is 0 Å². The molecule has 7 heteroatoms. The van der Waals surface area contributed by atoms with E-state index < -0.39 is 10.0 Å². The second kappa shape index (κ2) is 7.41. The maximum atomic E-state index is 12.3. The number of aromatic nitrogens is 1. The van der Waals surface area contributed by atoms with Crippen LogP contribution >= 0.6 is 0 Å². The van der Waals surface area contributed by atoms with Gasteiger partial charge in [0.05, 0.1) is 5.75 Å². The van der Waals surface area contributed by atoms with Crippen LogP contribution in [0.5, 0.6) is 0 Å². The topological polar surface area (TPSA) is 70.6 Å². The second-order valence-corrected chi connectivity index (χ2v) is 9.48. The first-order valence-corrected chi connectivity index (χ1v) is 10.7. The number of carbonyl (C=O) groups excluding carboxylic acids is 1. The van der Waals surface area contributed by atoms with Crippen molar-refractivity contribution in [2.45, 2.75) is 39.0 Å². The Hall–Kier alpha value is -1.47. The molecule has 6 nitrogen and oxygen atoms in total. The highest BCUT2D eigenvalue weighted by Crippen LogP contribution is 2.39. The lowest BCUT2D eigenvalue weighted by Gasteiger charge is -2.47. The Labute approximate surface area is 150 Å². The number of hydrogen-bond donors (Lipinski definition) is 0. The third-order valence-electron chi connectivity index (χ3n) is 5.50. The molecule has 3 heterocycles. The molecule has 138 valence electrons. The molecule has 0 bridgehead atoms. The Morgan fingerprint density at radius 2 is 2.08 bits per heavy atom. The van der Waals surface area contributed by atoms with E-state index in [0.717, 1.165) is 31.4 Å². The molecular formula is C18H27N3O3S. The number of rotatable bonds is 5. The molecule has 2 aliphatic rings. The molecule has 0 N–H and O–H groups in total. The number of likely N-dealkylation sites (tertiary alicyclic amines) is 1. The van der Waals surface area contributed by atoms with Gasteiger partial charge in [0, 0.05) is 56.3 Å². The second-order valence-electron chi connectivity index (χ2n) is 7.22. The van der Waals surface area contributed by atoms with Gasteiger partial charge in [-0.15, -0.1) is 0 Å². The maximum Gasteiger partial charge on any atom is 0.222 e. The van der Waals surface area contributed by atoms with Crippen molar-refractivity contribution in [3.8, 4) is 0 Å². The van der Waals surface area contributed by atoms with Crippen LogP contribution in [0.2, 0.25) is 0 Å². The molecule has 1 aromatic rings. The molecule has 25 heavy (non-hydrogen) atoms. The standard InChI is InChI=1S/C18H27N3O3S/c1-2-25(23,24)21-12-5-9-18(15-21)10-7-17(22)20(14-18)13-8-16-6-3-4-11-19-16/h3-4,6,11H,2,5,7-10,12-15H2,1H3/t18-/m0/s1. The van der Waals surface area contributed by atoms with E-state index in [1.54, 1.807) is 17.4 Å². The van der Waals surface area contributed by atoms with Crippen molar-refractivity contribution in [1.82, 2.24) is 14.2 Å². The molecule has 1 aromatic heterocycles. The van der Waals surface area contributed by atoms with Crippen molar-refractivity contribution in [1.29, 1.82) is 0 Å². The summed E-state index contributed by atoms with van der Waals surface area (Å²) in [5.41, 5.74) is 0.896. The van der Waals surface area contributed by atoms with Gasteiger partial charge in [0.1, 0.15) is 0 Å². The summed E-state index contributed by atoms with van der Waals surface area (Å²) < 4.78 is 26.2. The number of sulfonamides is 1. The third kappa shape index (κ3) is 4.20. The van der Waals surface area contributed by atoms with E-state index in [2.05, 4.69) is 4.98 Å². The van der Waals surface area contributed by atoms with E-state index in [4.69, 9.17) is 0 Å². The van der Waals surface area contributed by atoms with Gasteiger partial charge >= 0.3 is 0 Å². The largest absolute Gasteiger partial charge is 0.342 e. The number of nitrogens with zero attached hydrogens (tertiary/aromatic N) is 3. The first-order chi connectivity index (χ1) is 11.9. The number of hydrogen-bond acceptors (Lipinski definition) is 4. The van der Waals surface area contributed by atoms with Crippen molar-refractivity contribution in [3.63, 3.8) is 0 Å². The van der Waals surface area contributed by atoms with Crippen LogP contribution in [-0.4, -0.2) is 60.4 Å². The molecule has 0 unspecified atom stereocenters. The number of carbonyl (C=O) groups is 1. The predicted octanol–water partition coefficient (Wildman–Crippen LogP) is 1.68. The van der Waals surface area contributed by atoms with Crippen molar-refractivity contribution in [3.05, 3.63) is 30.1 Å². The Balaban J connectivity index is 1.67. The number of piperidine rings is 2. The molecule has 0 aromatic carbocycles. The molecule has 1 atom stereocenters. The average Bonchev–Trinajstić information content (AvgIpc) is 2.64. The molecule has 2 saturated heterocycles. The molecule has 0 saturated carbocycles. The quantitative estimate of drug-likeness (QED) is 0.796. The van der Waals surface area contributed by atoms with Crippen molar-refractivity contribution in [2.24, 2.45) is 5.41 Å². The Kier molecular flexibility index (Phi) is 5.43. The van der Waals surface area contributed by atoms with Crippen LogP contribution in [0.25, 0.3) is 0 Å². The summed E-state index contributed by atoms with van der Waals surface area (Å²) in [7, 11) is -3.16. The highest BCUT2D eigenvalue weighted by molar-refractivity contribution is 7.89. The third-order valence-corrected chi connectivity index (χ3v) is 7.32. The summed E-state index contributed by atoms with van der Waals surface area (Å²) in [6.07, 6.45) is 5.69. The summed E-state index contributed by atoms with van der Waals surface area (Å²) in [6, 6.07) is 5.81. The van der Waals surface area contributed by atoms with E-state index in [0.29, 0.717) is 32.6 Å². The van der Waals surface area contributed by atoms with Gasteiger partial charge in [0.15, 0.2) is 0 Å². The maximum absolute atomic E-state index is 12.3. The van der Waals surface area contributed by atoms with E-state index in [1.165, 1.54) is 0 Å². The molecule has 3 rings (SSSR count). The highest BCUT2D eigenvalue weighted by Gasteiger charge is 2.43. The molecule has 0 aliphatic carbocycles. The van der Waals surface area contributed by atoms with Gasteiger partial charge in [-0.1, -0.05) is 6.07 Å². The minimum Gasteiger partial charge on any atom is -0.342 e. The average molecular weight is 365 g/mol. The van der Waals surface area contributed by atoms with Crippen molar-refractivity contribution >= 4 is 15.9 Å².